The Balaban J connectivity index is 1.35. The molecule has 0 spiro atoms. The molecule has 1 atom stereocenters. The number of rotatable bonds is 7. The zero-order chi connectivity index (χ0) is 17.6. The molecule has 2 aromatic rings. The maximum absolute atomic E-state index is 12.8. The zero-order valence-corrected chi connectivity index (χ0v) is 14.4. The Labute approximate surface area is 146 Å². The van der Waals surface area contributed by atoms with Gasteiger partial charge in [-0.05, 0) is 31.2 Å². The number of ether oxygens (including phenoxy) is 1. The first-order chi connectivity index (χ1) is 12.1. The molecule has 0 bridgehead atoms. The van der Waals surface area contributed by atoms with E-state index in [1.54, 1.807) is 12.1 Å². The summed E-state index contributed by atoms with van der Waals surface area (Å²) < 4.78 is 23.6. The van der Waals surface area contributed by atoms with Gasteiger partial charge in [0, 0.05) is 38.8 Å². The fourth-order valence-electron chi connectivity index (χ4n) is 2.92. The van der Waals surface area contributed by atoms with Gasteiger partial charge in [0.15, 0.2) is 5.76 Å². The van der Waals surface area contributed by atoms with Gasteiger partial charge in [0.1, 0.15) is 24.3 Å². The summed E-state index contributed by atoms with van der Waals surface area (Å²) in [6, 6.07) is 7.77. The molecule has 0 amide bonds. The Morgan fingerprint density at radius 1 is 1.20 bits per heavy atom. The minimum absolute atomic E-state index is 0.198. The van der Waals surface area contributed by atoms with Crippen LogP contribution >= 0.6 is 0 Å². The monoisotopic (exact) mass is 349 g/mol. The quantitative estimate of drug-likeness (QED) is 0.821. The molecule has 1 N–H and O–H groups in total. The van der Waals surface area contributed by atoms with Crippen molar-refractivity contribution in [3.05, 3.63) is 47.6 Å². The second-order valence-electron chi connectivity index (χ2n) is 6.43. The molecular weight excluding hydrogens is 325 g/mol. The van der Waals surface area contributed by atoms with Gasteiger partial charge in [-0.25, -0.2) is 4.39 Å². The number of aliphatic hydroxyl groups is 1. The first-order valence-corrected chi connectivity index (χ1v) is 8.52. The number of hydrogen-bond donors (Lipinski definition) is 1. The molecule has 3 rings (SSSR count). The largest absolute Gasteiger partial charge is 0.491 e. The van der Waals surface area contributed by atoms with Crippen LogP contribution in [0.4, 0.5) is 4.39 Å². The van der Waals surface area contributed by atoms with E-state index < -0.39 is 6.10 Å². The number of aliphatic hydroxyl groups excluding tert-OH is 1. The summed E-state index contributed by atoms with van der Waals surface area (Å²) >= 11 is 0. The van der Waals surface area contributed by atoms with E-state index in [0.29, 0.717) is 12.3 Å². The lowest BCUT2D eigenvalue weighted by molar-refractivity contribution is 0.0430. The van der Waals surface area contributed by atoms with Crippen LogP contribution in [0, 0.1) is 12.7 Å². The second-order valence-corrected chi connectivity index (χ2v) is 6.43. The highest BCUT2D eigenvalue weighted by Crippen LogP contribution is 2.12. The summed E-state index contributed by atoms with van der Waals surface area (Å²) in [6.07, 6.45) is -0.575. The maximum Gasteiger partial charge on any atom is 0.150 e. The molecule has 136 valence electrons. The molecule has 1 fully saturated rings. The molecule has 1 aromatic heterocycles. The summed E-state index contributed by atoms with van der Waals surface area (Å²) in [6.45, 7) is 7.07. The van der Waals surface area contributed by atoms with Crippen molar-refractivity contribution in [2.75, 3.05) is 39.3 Å². The lowest BCUT2D eigenvalue weighted by Gasteiger charge is -2.35. The van der Waals surface area contributed by atoms with Crippen molar-refractivity contribution in [3.8, 4) is 5.75 Å². The highest BCUT2D eigenvalue weighted by Gasteiger charge is 2.20. The van der Waals surface area contributed by atoms with Crippen LogP contribution < -0.4 is 4.74 Å². The average molecular weight is 349 g/mol. The molecule has 2 heterocycles. The van der Waals surface area contributed by atoms with Crippen LogP contribution in [-0.2, 0) is 6.54 Å². The smallest absolute Gasteiger partial charge is 0.150 e. The Hall–Kier alpha value is -1.96. The van der Waals surface area contributed by atoms with Crippen molar-refractivity contribution in [2.24, 2.45) is 0 Å². The molecule has 0 saturated carbocycles. The van der Waals surface area contributed by atoms with Gasteiger partial charge in [0.05, 0.1) is 12.2 Å². The Morgan fingerprint density at radius 3 is 2.52 bits per heavy atom. The molecule has 0 unspecified atom stereocenters. The number of aryl methyl sites for hydroxylation is 1. The summed E-state index contributed by atoms with van der Waals surface area (Å²) in [5.41, 5.74) is 0.901. The summed E-state index contributed by atoms with van der Waals surface area (Å²) in [5, 5.41) is 14.1. The van der Waals surface area contributed by atoms with E-state index in [1.165, 1.54) is 12.1 Å². The van der Waals surface area contributed by atoms with Crippen molar-refractivity contribution in [1.82, 2.24) is 15.0 Å². The molecule has 0 radical (unpaired) electrons. The SMILES string of the molecule is Cc1cc(CN2CCN(C[C@H](O)COc3ccc(F)cc3)CC2)on1. The summed E-state index contributed by atoms with van der Waals surface area (Å²) in [4.78, 5) is 4.54. The fraction of sp³-hybridized carbons (Fsp3) is 0.500. The van der Waals surface area contributed by atoms with E-state index in [-0.39, 0.29) is 12.4 Å². The van der Waals surface area contributed by atoms with Gasteiger partial charge in [0.2, 0.25) is 0 Å². The van der Waals surface area contributed by atoms with Crippen LogP contribution in [0.3, 0.4) is 0 Å². The van der Waals surface area contributed by atoms with E-state index in [2.05, 4.69) is 15.0 Å². The number of halogens is 1. The van der Waals surface area contributed by atoms with Gasteiger partial charge in [-0.3, -0.25) is 9.80 Å². The normalized spacial score (nSPS) is 17.6. The molecule has 7 heteroatoms. The van der Waals surface area contributed by atoms with Crippen LogP contribution in [-0.4, -0.2) is 65.5 Å². The van der Waals surface area contributed by atoms with Crippen molar-refractivity contribution in [2.45, 2.75) is 19.6 Å². The predicted octanol–water partition coefficient (Wildman–Crippen LogP) is 1.68. The molecule has 0 aliphatic carbocycles. The van der Waals surface area contributed by atoms with E-state index in [0.717, 1.165) is 44.2 Å². The summed E-state index contributed by atoms with van der Waals surface area (Å²) in [7, 11) is 0. The van der Waals surface area contributed by atoms with Crippen LogP contribution in [0.2, 0.25) is 0 Å². The molecule has 25 heavy (non-hydrogen) atoms. The lowest BCUT2D eigenvalue weighted by atomic mass is 10.2. The fourth-order valence-corrected chi connectivity index (χ4v) is 2.92. The zero-order valence-electron chi connectivity index (χ0n) is 14.4. The molecule has 1 aliphatic rings. The average Bonchev–Trinajstić information content (AvgIpc) is 3.01. The molecule has 1 saturated heterocycles. The Morgan fingerprint density at radius 2 is 1.88 bits per heavy atom. The topological polar surface area (TPSA) is 62.0 Å². The van der Waals surface area contributed by atoms with Gasteiger partial charge < -0.3 is 14.4 Å². The van der Waals surface area contributed by atoms with Crippen molar-refractivity contribution in [1.29, 1.82) is 0 Å². The minimum atomic E-state index is -0.575. The van der Waals surface area contributed by atoms with Gasteiger partial charge in [-0.1, -0.05) is 5.16 Å². The Kier molecular flexibility index (Phi) is 6.01. The number of aromatic nitrogens is 1. The van der Waals surface area contributed by atoms with E-state index in [9.17, 15) is 9.50 Å². The van der Waals surface area contributed by atoms with Crippen molar-refractivity contribution in [3.63, 3.8) is 0 Å². The lowest BCUT2D eigenvalue weighted by Crippen LogP contribution is -2.48. The third-order valence-corrected chi connectivity index (χ3v) is 4.25. The third-order valence-electron chi connectivity index (χ3n) is 4.25. The molecule has 6 nitrogen and oxygen atoms in total. The Bertz CT molecular complexity index is 654. The standard InChI is InChI=1S/C18H24FN3O3/c1-14-10-18(25-20-14)12-22-8-6-21(7-9-22)11-16(23)13-24-17-4-2-15(19)3-5-17/h2-5,10,16,23H,6-9,11-13H2,1H3/t16-/m0/s1. The second kappa shape index (κ2) is 8.42. The first kappa shape index (κ1) is 17.8. The maximum atomic E-state index is 12.8. The number of piperazine rings is 1. The number of benzene rings is 1. The highest BCUT2D eigenvalue weighted by molar-refractivity contribution is 5.22. The van der Waals surface area contributed by atoms with Crippen LogP contribution in [0.15, 0.2) is 34.9 Å². The van der Waals surface area contributed by atoms with Gasteiger partial charge >= 0.3 is 0 Å². The van der Waals surface area contributed by atoms with Gasteiger partial charge in [0.25, 0.3) is 0 Å². The molecule has 1 aliphatic heterocycles. The van der Waals surface area contributed by atoms with Crippen molar-refractivity contribution >= 4 is 0 Å². The van der Waals surface area contributed by atoms with E-state index in [1.807, 2.05) is 13.0 Å². The third kappa shape index (κ3) is 5.52. The molecule has 1 aromatic carbocycles. The molecular formula is C18H24FN3O3. The van der Waals surface area contributed by atoms with Crippen LogP contribution in [0.25, 0.3) is 0 Å². The number of hydrogen-bond acceptors (Lipinski definition) is 6. The summed E-state index contributed by atoms with van der Waals surface area (Å²) in [5.74, 6) is 1.15. The van der Waals surface area contributed by atoms with Crippen LogP contribution in [0.1, 0.15) is 11.5 Å². The highest BCUT2D eigenvalue weighted by atomic mass is 19.1. The van der Waals surface area contributed by atoms with Gasteiger partial charge in [-0.2, -0.15) is 0 Å². The van der Waals surface area contributed by atoms with E-state index in [4.69, 9.17) is 9.26 Å². The number of β-amino-alcohol motifs (C(OH)–C–C–N with tert-alkyl or cyclic N) is 1. The number of nitrogens with zero attached hydrogens (tertiary/aromatic N) is 3. The van der Waals surface area contributed by atoms with E-state index >= 15 is 0 Å². The first-order valence-electron chi connectivity index (χ1n) is 8.52. The van der Waals surface area contributed by atoms with Gasteiger partial charge in [-0.15, -0.1) is 0 Å². The minimum Gasteiger partial charge on any atom is -0.491 e. The van der Waals surface area contributed by atoms with Crippen LogP contribution in [0.5, 0.6) is 5.75 Å². The van der Waals surface area contributed by atoms with Crippen molar-refractivity contribution < 1.29 is 18.8 Å². The predicted molar refractivity (Wildman–Crippen MR) is 90.9 cm³/mol.